The highest BCUT2D eigenvalue weighted by atomic mass is 16.5. The van der Waals surface area contributed by atoms with E-state index >= 15 is 0 Å². The van der Waals surface area contributed by atoms with Gasteiger partial charge in [0.2, 0.25) is 0 Å². The molecule has 29 heavy (non-hydrogen) atoms. The molecule has 3 rings (SSSR count). The first-order valence-electron chi connectivity index (χ1n) is 11.9. The molecule has 3 nitrogen and oxygen atoms in total. The summed E-state index contributed by atoms with van der Waals surface area (Å²) in [4.78, 5) is 9.14. The van der Waals surface area contributed by atoms with Crippen molar-refractivity contribution in [1.29, 1.82) is 0 Å². The molecule has 2 aromatic rings. The van der Waals surface area contributed by atoms with E-state index in [9.17, 15) is 0 Å². The minimum absolute atomic E-state index is 0.795. The third-order valence-electron chi connectivity index (χ3n) is 5.86. The molecule has 1 aliphatic carbocycles. The zero-order valence-corrected chi connectivity index (χ0v) is 18.2. The largest absolute Gasteiger partial charge is 0.494 e. The minimum atomic E-state index is 0.795. The zero-order chi connectivity index (χ0) is 20.2. The van der Waals surface area contributed by atoms with Crippen LogP contribution in [-0.4, -0.2) is 16.6 Å². The molecule has 0 spiro atoms. The standard InChI is InChI=1S/C26H38N2O/c1-2-3-4-5-6-8-12-23-20-27-26(28-21-23)24-15-17-25(18-16-24)29-19-10-7-9-11-22-13-14-22/h15-18,20-22H,2-14,19H2,1H3. The van der Waals surface area contributed by atoms with Crippen LogP contribution in [0.5, 0.6) is 5.75 Å². The fraction of sp³-hybridized carbons (Fsp3) is 0.615. The number of ether oxygens (including phenoxy) is 1. The molecule has 0 aliphatic heterocycles. The second-order valence-corrected chi connectivity index (χ2v) is 8.60. The molecule has 3 heteroatoms. The van der Waals surface area contributed by atoms with Crippen molar-refractivity contribution in [2.45, 2.75) is 90.4 Å². The Bertz CT molecular complexity index is 677. The van der Waals surface area contributed by atoms with Crippen LogP contribution >= 0.6 is 0 Å². The van der Waals surface area contributed by atoms with Crippen molar-refractivity contribution >= 4 is 0 Å². The summed E-state index contributed by atoms with van der Waals surface area (Å²) in [5.41, 5.74) is 2.29. The molecular weight excluding hydrogens is 356 g/mol. The number of benzene rings is 1. The fourth-order valence-electron chi connectivity index (χ4n) is 3.75. The Kier molecular flexibility index (Phi) is 9.49. The first-order chi connectivity index (χ1) is 14.3. The maximum absolute atomic E-state index is 5.88. The van der Waals surface area contributed by atoms with Gasteiger partial charge in [0, 0.05) is 18.0 Å². The Labute approximate surface area is 177 Å². The molecule has 1 fully saturated rings. The molecule has 158 valence electrons. The Balaban J connectivity index is 1.34. The van der Waals surface area contributed by atoms with E-state index in [1.54, 1.807) is 0 Å². The second kappa shape index (κ2) is 12.6. The number of aromatic nitrogens is 2. The van der Waals surface area contributed by atoms with Crippen LogP contribution in [0.2, 0.25) is 0 Å². The monoisotopic (exact) mass is 394 g/mol. The summed E-state index contributed by atoms with van der Waals surface area (Å²) in [6, 6.07) is 8.19. The molecule has 1 aliphatic rings. The minimum Gasteiger partial charge on any atom is -0.494 e. The number of hydrogen-bond donors (Lipinski definition) is 0. The first kappa shape index (κ1) is 21.8. The number of aryl methyl sites for hydroxylation is 1. The van der Waals surface area contributed by atoms with Gasteiger partial charge >= 0.3 is 0 Å². The van der Waals surface area contributed by atoms with Crippen LogP contribution in [0.3, 0.4) is 0 Å². The third kappa shape index (κ3) is 8.55. The molecule has 0 unspecified atom stereocenters. The van der Waals surface area contributed by atoms with Gasteiger partial charge in [-0.05, 0) is 55.0 Å². The summed E-state index contributed by atoms with van der Waals surface area (Å²) in [5.74, 6) is 2.79. The van der Waals surface area contributed by atoms with Crippen molar-refractivity contribution < 1.29 is 4.74 Å². The zero-order valence-electron chi connectivity index (χ0n) is 18.2. The predicted octanol–water partition coefficient (Wildman–Crippen LogP) is 7.40. The van der Waals surface area contributed by atoms with Crippen molar-refractivity contribution in [3.63, 3.8) is 0 Å². The van der Waals surface area contributed by atoms with Gasteiger partial charge in [-0.3, -0.25) is 0 Å². The summed E-state index contributed by atoms with van der Waals surface area (Å²) >= 11 is 0. The van der Waals surface area contributed by atoms with Gasteiger partial charge in [0.1, 0.15) is 5.75 Å². The van der Waals surface area contributed by atoms with Crippen molar-refractivity contribution in [1.82, 2.24) is 9.97 Å². The van der Waals surface area contributed by atoms with Gasteiger partial charge < -0.3 is 4.74 Å². The molecule has 0 amide bonds. The van der Waals surface area contributed by atoms with E-state index in [1.165, 1.54) is 76.2 Å². The number of unbranched alkanes of at least 4 members (excludes halogenated alkanes) is 7. The van der Waals surface area contributed by atoms with Crippen molar-refractivity contribution in [2.24, 2.45) is 5.92 Å². The van der Waals surface area contributed by atoms with Gasteiger partial charge in [-0.1, -0.05) is 71.1 Å². The molecule has 0 atom stereocenters. The topological polar surface area (TPSA) is 35.0 Å². The summed E-state index contributed by atoms with van der Waals surface area (Å²) < 4.78 is 5.88. The van der Waals surface area contributed by atoms with E-state index in [0.29, 0.717) is 0 Å². The molecule has 1 aromatic heterocycles. The van der Waals surface area contributed by atoms with Crippen LogP contribution in [0.1, 0.15) is 89.5 Å². The van der Waals surface area contributed by atoms with E-state index in [0.717, 1.165) is 42.5 Å². The second-order valence-electron chi connectivity index (χ2n) is 8.60. The summed E-state index contributed by atoms with van der Waals surface area (Å²) in [6.45, 7) is 3.07. The third-order valence-corrected chi connectivity index (χ3v) is 5.86. The van der Waals surface area contributed by atoms with Crippen LogP contribution in [-0.2, 0) is 6.42 Å². The van der Waals surface area contributed by atoms with Crippen LogP contribution in [0.15, 0.2) is 36.7 Å². The number of rotatable bonds is 15. The van der Waals surface area contributed by atoms with Crippen LogP contribution in [0.25, 0.3) is 11.4 Å². The molecule has 0 N–H and O–H groups in total. The van der Waals surface area contributed by atoms with E-state index in [4.69, 9.17) is 4.74 Å². The van der Waals surface area contributed by atoms with Crippen molar-refractivity contribution in [3.8, 4) is 17.1 Å². The van der Waals surface area contributed by atoms with Gasteiger partial charge in [-0.2, -0.15) is 0 Å². The van der Waals surface area contributed by atoms with E-state index < -0.39 is 0 Å². The average molecular weight is 395 g/mol. The summed E-state index contributed by atoms with van der Waals surface area (Å²) in [6.07, 6.45) is 21.1. The smallest absolute Gasteiger partial charge is 0.159 e. The first-order valence-corrected chi connectivity index (χ1v) is 11.9. The molecule has 1 aromatic carbocycles. The van der Waals surface area contributed by atoms with E-state index in [1.807, 2.05) is 24.5 Å². The van der Waals surface area contributed by atoms with Crippen LogP contribution in [0, 0.1) is 5.92 Å². The lowest BCUT2D eigenvalue weighted by Crippen LogP contribution is -1.97. The average Bonchev–Trinajstić information content (AvgIpc) is 3.58. The maximum Gasteiger partial charge on any atom is 0.159 e. The molecule has 1 saturated carbocycles. The highest BCUT2D eigenvalue weighted by Crippen LogP contribution is 2.34. The maximum atomic E-state index is 5.88. The lowest BCUT2D eigenvalue weighted by molar-refractivity contribution is 0.304. The SMILES string of the molecule is CCCCCCCCc1cnc(-c2ccc(OCCCCCC3CC3)cc2)nc1. The molecule has 0 bridgehead atoms. The Morgan fingerprint density at radius 2 is 1.52 bits per heavy atom. The molecule has 0 radical (unpaired) electrons. The quantitative estimate of drug-likeness (QED) is 0.295. The summed E-state index contributed by atoms with van der Waals surface area (Å²) in [5, 5.41) is 0. The van der Waals surface area contributed by atoms with Crippen LogP contribution < -0.4 is 4.74 Å². The van der Waals surface area contributed by atoms with E-state index in [2.05, 4.69) is 29.0 Å². The van der Waals surface area contributed by atoms with Gasteiger partial charge in [-0.15, -0.1) is 0 Å². The number of nitrogens with zero attached hydrogens (tertiary/aromatic N) is 2. The fourth-order valence-corrected chi connectivity index (χ4v) is 3.75. The highest BCUT2D eigenvalue weighted by molar-refractivity contribution is 5.55. The molecule has 0 saturated heterocycles. The van der Waals surface area contributed by atoms with Gasteiger partial charge in [-0.25, -0.2) is 9.97 Å². The Morgan fingerprint density at radius 3 is 2.24 bits per heavy atom. The predicted molar refractivity (Wildman–Crippen MR) is 121 cm³/mol. The lowest BCUT2D eigenvalue weighted by Gasteiger charge is -2.07. The Morgan fingerprint density at radius 1 is 0.828 bits per heavy atom. The molecule has 1 heterocycles. The van der Waals surface area contributed by atoms with Crippen molar-refractivity contribution in [2.75, 3.05) is 6.61 Å². The normalized spacial score (nSPS) is 13.6. The highest BCUT2D eigenvalue weighted by Gasteiger charge is 2.19. The van der Waals surface area contributed by atoms with Gasteiger partial charge in [0.25, 0.3) is 0 Å². The van der Waals surface area contributed by atoms with Crippen molar-refractivity contribution in [3.05, 3.63) is 42.2 Å². The Hall–Kier alpha value is -1.90. The van der Waals surface area contributed by atoms with Gasteiger partial charge in [0.05, 0.1) is 6.61 Å². The van der Waals surface area contributed by atoms with Crippen LogP contribution in [0.4, 0.5) is 0 Å². The number of hydrogen-bond acceptors (Lipinski definition) is 3. The summed E-state index contributed by atoms with van der Waals surface area (Å²) in [7, 11) is 0. The molecular formula is C26H38N2O. The van der Waals surface area contributed by atoms with E-state index in [-0.39, 0.29) is 0 Å². The van der Waals surface area contributed by atoms with Gasteiger partial charge in [0.15, 0.2) is 5.82 Å². The lowest BCUT2D eigenvalue weighted by atomic mass is 10.1.